The van der Waals surface area contributed by atoms with Gasteiger partial charge in [0.25, 0.3) is 0 Å². The van der Waals surface area contributed by atoms with Crippen molar-refractivity contribution in [2.24, 2.45) is 0 Å². The van der Waals surface area contributed by atoms with Gasteiger partial charge in [-0.1, -0.05) is 31.2 Å². The van der Waals surface area contributed by atoms with Crippen LogP contribution in [0.5, 0.6) is 0 Å². The number of benzene rings is 1. The lowest BCUT2D eigenvalue weighted by Crippen LogP contribution is -2.46. The SMILES string of the molecule is CCN1CCN(c2nc(-c3ccc([C@H]4C[C@H](O)CCO4)cc3)cc3ccsc23)CC1.Cl.Cl. The lowest BCUT2D eigenvalue weighted by molar-refractivity contribution is -0.0447. The number of halogens is 2. The number of ether oxygens (including phenoxy) is 1. The predicted molar refractivity (Wildman–Crippen MR) is 138 cm³/mol. The van der Waals surface area contributed by atoms with Gasteiger partial charge in [0.2, 0.25) is 0 Å². The molecule has 2 saturated heterocycles. The van der Waals surface area contributed by atoms with E-state index in [-0.39, 0.29) is 37.0 Å². The third-order valence-corrected chi connectivity index (χ3v) is 7.30. The number of hydrogen-bond donors (Lipinski definition) is 1. The van der Waals surface area contributed by atoms with Gasteiger partial charge in [-0.15, -0.1) is 36.2 Å². The molecule has 0 saturated carbocycles. The van der Waals surface area contributed by atoms with E-state index in [2.05, 4.69) is 58.5 Å². The highest BCUT2D eigenvalue weighted by Crippen LogP contribution is 2.35. The standard InChI is InChI=1S/C24H29N3O2S.2ClH/c1-2-26-9-11-27(12-10-26)24-23-19(8-14-30-23)15-21(25-24)17-3-5-18(6-4-17)22-16-20(28)7-13-29-22;;/h3-6,8,14-15,20,22,28H,2,7,9-13,16H2,1H3;2*1H/t20-,22-;;/m1../s1. The minimum Gasteiger partial charge on any atom is -0.393 e. The Morgan fingerprint density at radius 3 is 2.53 bits per heavy atom. The van der Waals surface area contributed by atoms with Crippen LogP contribution >= 0.6 is 36.2 Å². The number of rotatable bonds is 4. The molecule has 32 heavy (non-hydrogen) atoms. The van der Waals surface area contributed by atoms with Crippen LogP contribution in [0.1, 0.15) is 31.4 Å². The summed E-state index contributed by atoms with van der Waals surface area (Å²) in [5, 5.41) is 13.4. The number of fused-ring (bicyclic) bond motifs is 1. The second kappa shape index (κ2) is 11.1. The Balaban J connectivity index is 0.00000144. The zero-order valence-corrected chi connectivity index (χ0v) is 20.7. The van der Waals surface area contributed by atoms with E-state index in [0.29, 0.717) is 13.0 Å². The van der Waals surface area contributed by atoms with E-state index in [0.717, 1.165) is 61.8 Å². The van der Waals surface area contributed by atoms with Crippen molar-refractivity contribution in [3.8, 4) is 11.3 Å². The summed E-state index contributed by atoms with van der Waals surface area (Å²) in [6, 6.07) is 12.9. The van der Waals surface area contributed by atoms with Gasteiger partial charge in [-0.2, -0.15) is 0 Å². The van der Waals surface area contributed by atoms with Gasteiger partial charge >= 0.3 is 0 Å². The van der Waals surface area contributed by atoms with Crippen molar-refractivity contribution >= 4 is 52.1 Å². The van der Waals surface area contributed by atoms with Crippen LogP contribution in [-0.4, -0.2) is 60.4 Å². The molecule has 3 aromatic rings. The molecule has 2 atom stereocenters. The monoisotopic (exact) mass is 495 g/mol. The number of piperazine rings is 1. The predicted octanol–water partition coefficient (Wildman–Crippen LogP) is 5.16. The molecule has 2 aliphatic heterocycles. The van der Waals surface area contributed by atoms with Gasteiger partial charge < -0.3 is 19.6 Å². The Kier molecular flexibility index (Phi) is 8.78. The second-order valence-corrected chi connectivity index (χ2v) is 9.17. The summed E-state index contributed by atoms with van der Waals surface area (Å²) in [4.78, 5) is 10.1. The van der Waals surface area contributed by atoms with Gasteiger partial charge in [0.05, 0.1) is 22.6 Å². The second-order valence-electron chi connectivity index (χ2n) is 8.25. The summed E-state index contributed by atoms with van der Waals surface area (Å²) < 4.78 is 7.14. The molecular weight excluding hydrogens is 465 g/mol. The third-order valence-electron chi connectivity index (χ3n) is 6.37. The van der Waals surface area contributed by atoms with E-state index in [4.69, 9.17) is 9.72 Å². The molecule has 1 aromatic carbocycles. The van der Waals surface area contributed by atoms with Gasteiger partial charge in [0.1, 0.15) is 5.82 Å². The average Bonchev–Trinajstić information content (AvgIpc) is 3.27. The van der Waals surface area contributed by atoms with Crippen LogP contribution in [0, 0.1) is 0 Å². The Bertz CT molecular complexity index is 1010. The van der Waals surface area contributed by atoms with Crippen LogP contribution in [-0.2, 0) is 4.74 Å². The van der Waals surface area contributed by atoms with E-state index in [1.807, 2.05) is 0 Å². The third kappa shape index (κ3) is 5.22. The summed E-state index contributed by atoms with van der Waals surface area (Å²) >= 11 is 1.78. The van der Waals surface area contributed by atoms with Crippen molar-refractivity contribution in [1.29, 1.82) is 0 Å². The fraction of sp³-hybridized carbons (Fsp3) is 0.458. The molecule has 0 bridgehead atoms. The van der Waals surface area contributed by atoms with E-state index < -0.39 is 0 Å². The fourth-order valence-corrected chi connectivity index (χ4v) is 5.37. The van der Waals surface area contributed by atoms with Crippen molar-refractivity contribution in [3.63, 3.8) is 0 Å². The molecule has 0 aliphatic carbocycles. The maximum absolute atomic E-state index is 9.94. The van der Waals surface area contributed by atoms with Gasteiger partial charge in [-0.25, -0.2) is 4.98 Å². The summed E-state index contributed by atoms with van der Waals surface area (Å²) in [6.07, 6.45) is 1.13. The fourth-order valence-electron chi connectivity index (χ4n) is 4.48. The number of thiophene rings is 1. The summed E-state index contributed by atoms with van der Waals surface area (Å²) in [5.74, 6) is 1.12. The van der Waals surface area contributed by atoms with E-state index in [1.54, 1.807) is 11.3 Å². The molecule has 5 nitrogen and oxygen atoms in total. The van der Waals surface area contributed by atoms with E-state index >= 15 is 0 Å². The van der Waals surface area contributed by atoms with Crippen molar-refractivity contribution in [2.45, 2.75) is 32.0 Å². The van der Waals surface area contributed by atoms with E-state index in [9.17, 15) is 5.11 Å². The van der Waals surface area contributed by atoms with Crippen LogP contribution in [0.15, 0.2) is 41.8 Å². The molecule has 0 radical (unpaired) electrons. The Morgan fingerprint density at radius 1 is 1.09 bits per heavy atom. The minimum absolute atomic E-state index is 0. The zero-order chi connectivity index (χ0) is 20.5. The highest BCUT2D eigenvalue weighted by Gasteiger charge is 2.23. The van der Waals surface area contributed by atoms with Gasteiger partial charge in [0, 0.05) is 44.8 Å². The molecule has 5 rings (SSSR count). The number of likely N-dealkylation sites (N-methyl/N-ethyl adjacent to an activating group) is 1. The van der Waals surface area contributed by atoms with Crippen LogP contribution in [0.4, 0.5) is 5.82 Å². The average molecular weight is 497 g/mol. The van der Waals surface area contributed by atoms with Crippen LogP contribution in [0.25, 0.3) is 21.3 Å². The maximum atomic E-state index is 9.94. The number of anilines is 1. The number of pyridine rings is 1. The van der Waals surface area contributed by atoms with Crippen LogP contribution in [0.3, 0.4) is 0 Å². The first-order chi connectivity index (χ1) is 14.7. The molecule has 1 N–H and O–H groups in total. The number of aliphatic hydroxyl groups is 1. The molecule has 2 fully saturated rings. The molecule has 2 aliphatic rings. The highest BCUT2D eigenvalue weighted by atomic mass is 35.5. The summed E-state index contributed by atoms with van der Waals surface area (Å²) in [6.45, 7) is 8.21. The Hall–Kier alpha value is -1.41. The van der Waals surface area contributed by atoms with Crippen molar-refractivity contribution in [1.82, 2.24) is 9.88 Å². The summed E-state index contributed by atoms with van der Waals surface area (Å²) in [5.41, 5.74) is 3.27. The molecule has 174 valence electrons. The zero-order valence-electron chi connectivity index (χ0n) is 18.3. The molecule has 0 spiro atoms. The number of aliphatic hydroxyl groups excluding tert-OH is 1. The molecule has 2 aromatic heterocycles. The number of nitrogens with zero attached hydrogens (tertiary/aromatic N) is 3. The van der Waals surface area contributed by atoms with Gasteiger partial charge in [-0.05, 0) is 41.4 Å². The first kappa shape index (κ1) is 25.2. The number of aromatic nitrogens is 1. The largest absolute Gasteiger partial charge is 0.393 e. The molecule has 8 heteroatoms. The van der Waals surface area contributed by atoms with Crippen LogP contribution in [0.2, 0.25) is 0 Å². The van der Waals surface area contributed by atoms with E-state index in [1.165, 1.54) is 10.1 Å². The first-order valence-corrected chi connectivity index (χ1v) is 11.8. The molecular formula is C24H31Cl2N3O2S. The van der Waals surface area contributed by atoms with Gasteiger partial charge in [0.15, 0.2) is 0 Å². The van der Waals surface area contributed by atoms with Crippen LogP contribution < -0.4 is 4.90 Å². The first-order valence-electron chi connectivity index (χ1n) is 11.0. The Morgan fingerprint density at radius 2 is 1.84 bits per heavy atom. The normalized spacial score (nSPS) is 21.8. The Labute approximate surface area is 206 Å². The molecule has 4 heterocycles. The quantitative estimate of drug-likeness (QED) is 0.541. The van der Waals surface area contributed by atoms with Crippen molar-refractivity contribution in [3.05, 3.63) is 47.3 Å². The summed E-state index contributed by atoms with van der Waals surface area (Å²) in [7, 11) is 0. The highest BCUT2D eigenvalue weighted by molar-refractivity contribution is 7.17. The molecule has 0 unspecified atom stereocenters. The lowest BCUT2D eigenvalue weighted by atomic mass is 9.98. The minimum atomic E-state index is -0.262. The maximum Gasteiger partial charge on any atom is 0.147 e. The van der Waals surface area contributed by atoms with Crippen molar-refractivity contribution < 1.29 is 9.84 Å². The molecule has 0 amide bonds. The smallest absolute Gasteiger partial charge is 0.147 e. The van der Waals surface area contributed by atoms with Crippen molar-refractivity contribution in [2.75, 3.05) is 44.2 Å². The lowest BCUT2D eigenvalue weighted by Gasteiger charge is -2.35. The topological polar surface area (TPSA) is 48.8 Å². The number of hydrogen-bond acceptors (Lipinski definition) is 6. The van der Waals surface area contributed by atoms with Gasteiger partial charge in [-0.3, -0.25) is 0 Å².